The van der Waals surface area contributed by atoms with Crippen LogP contribution in [0.2, 0.25) is 0 Å². The van der Waals surface area contributed by atoms with Gasteiger partial charge in [0.25, 0.3) is 0 Å². The second kappa shape index (κ2) is 7.67. The van der Waals surface area contributed by atoms with Crippen LogP contribution < -0.4 is 10.6 Å². The van der Waals surface area contributed by atoms with Crippen LogP contribution >= 0.6 is 11.3 Å². The first-order valence-electron chi connectivity index (χ1n) is 7.59. The minimum atomic E-state index is -0.492. The van der Waals surface area contributed by atoms with Crippen molar-refractivity contribution in [2.24, 2.45) is 0 Å². The zero-order chi connectivity index (χ0) is 17.6. The zero-order valence-corrected chi connectivity index (χ0v) is 14.3. The molecule has 0 bridgehead atoms. The lowest BCUT2D eigenvalue weighted by atomic mass is 10.3. The van der Waals surface area contributed by atoms with E-state index >= 15 is 0 Å². The minimum Gasteiger partial charge on any atom is -0.364 e. The molecule has 3 rings (SSSR count). The van der Waals surface area contributed by atoms with Gasteiger partial charge in [0.2, 0.25) is 11.6 Å². The average molecular weight is 356 g/mol. The van der Waals surface area contributed by atoms with Gasteiger partial charge < -0.3 is 10.6 Å². The number of rotatable bonds is 7. The Bertz CT molecular complexity index is 869. The first kappa shape index (κ1) is 16.8. The number of nitrogens with zero attached hydrogens (tertiary/aromatic N) is 4. The Morgan fingerprint density at radius 2 is 2.00 bits per heavy atom. The van der Waals surface area contributed by atoms with Crippen molar-refractivity contribution < 1.29 is 4.92 Å². The van der Waals surface area contributed by atoms with Gasteiger partial charge in [0.1, 0.15) is 12.1 Å². The fourth-order valence-corrected chi connectivity index (χ4v) is 2.97. The largest absolute Gasteiger partial charge is 0.364 e. The predicted molar refractivity (Wildman–Crippen MR) is 97.5 cm³/mol. The highest BCUT2D eigenvalue weighted by Gasteiger charge is 2.23. The van der Waals surface area contributed by atoms with E-state index in [0.717, 1.165) is 12.0 Å². The third-order valence-corrected chi connectivity index (χ3v) is 4.43. The lowest BCUT2D eigenvalue weighted by Gasteiger charge is -2.10. The molecular weight excluding hydrogens is 340 g/mol. The van der Waals surface area contributed by atoms with Crippen LogP contribution in [-0.4, -0.2) is 26.4 Å². The second-order valence-corrected chi connectivity index (χ2v) is 6.26. The van der Waals surface area contributed by atoms with Crippen molar-refractivity contribution in [3.8, 4) is 0 Å². The van der Waals surface area contributed by atoms with Crippen molar-refractivity contribution in [1.82, 2.24) is 15.0 Å². The maximum Gasteiger partial charge on any atom is 0.353 e. The molecule has 0 aliphatic rings. The molecule has 0 saturated heterocycles. The van der Waals surface area contributed by atoms with Crippen molar-refractivity contribution in [2.45, 2.75) is 13.3 Å². The van der Waals surface area contributed by atoms with E-state index in [1.54, 1.807) is 23.6 Å². The number of thiophene rings is 1. The maximum atomic E-state index is 11.5. The number of aryl methyl sites for hydroxylation is 1. The van der Waals surface area contributed by atoms with Crippen LogP contribution in [0.1, 0.15) is 10.4 Å². The van der Waals surface area contributed by atoms with E-state index in [-0.39, 0.29) is 17.3 Å². The van der Waals surface area contributed by atoms with E-state index < -0.39 is 4.92 Å². The number of nitrogens with one attached hydrogen (secondary N) is 2. The Kier molecular flexibility index (Phi) is 5.14. The quantitative estimate of drug-likeness (QED) is 0.492. The van der Waals surface area contributed by atoms with Crippen LogP contribution in [0.4, 0.5) is 23.1 Å². The smallest absolute Gasteiger partial charge is 0.353 e. The number of nitro groups is 1. The molecule has 0 atom stereocenters. The Morgan fingerprint density at radius 3 is 2.72 bits per heavy atom. The van der Waals surface area contributed by atoms with Crippen LogP contribution in [-0.2, 0) is 6.42 Å². The van der Waals surface area contributed by atoms with Gasteiger partial charge >= 0.3 is 5.69 Å². The lowest BCUT2D eigenvalue weighted by molar-refractivity contribution is -0.383. The third kappa shape index (κ3) is 4.07. The van der Waals surface area contributed by atoms with E-state index in [0.29, 0.717) is 12.4 Å². The molecule has 0 amide bonds. The third-order valence-electron chi connectivity index (χ3n) is 3.50. The molecule has 8 nitrogen and oxygen atoms in total. The molecule has 0 spiro atoms. The molecular formula is C16H16N6O2S. The van der Waals surface area contributed by atoms with Crippen LogP contribution in [0, 0.1) is 17.0 Å². The van der Waals surface area contributed by atoms with Gasteiger partial charge in [0.15, 0.2) is 0 Å². The molecule has 128 valence electrons. The molecule has 0 fully saturated rings. The average Bonchev–Trinajstić information content (AvgIpc) is 3.10. The van der Waals surface area contributed by atoms with Crippen LogP contribution in [0.15, 0.2) is 42.2 Å². The number of hydrogen-bond donors (Lipinski definition) is 2. The molecule has 9 heteroatoms. The number of anilines is 3. The number of aromatic nitrogens is 3. The Morgan fingerprint density at radius 1 is 1.16 bits per heavy atom. The van der Waals surface area contributed by atoms with Crippen molar-refractivity contribution in [3.63, 3.8) is 0 Å². The molecule has 0 aliphatic heterocycles. The number of pyridine rings is 1. The predicted octanol–water partition coefficient (Wildman–Crippen LogP) is 3.55. The van der Waals surface area contributed by atoms with E-state index in [2.05, 4.69) is 25.6 Å². The van der Waals surface area contributed by atoms with Gasteiger partial charge in [-0.3, -0.25) is 10.1 Å². The van der Waals surface area contributed by atoms with Crippen LogP contribution in [0.5, 0.6) is 0 Å². The first-order chi connectivity index (χ1) is 12.1. The van der Waals surface area contributed by atoms with Gasteiger partial charge in [-0.05, 0) is 36.4 Å². The monoisotopic (exact) mass is 356 g/mol. The van der Waals surface area contributed by atoms with Crippen LogP contribution in [0.3, 0.4) is 0 Å². The molecule has 0 aliphatic carbocycles. The normalized spacial score (nSPS) is 10.4. The summed E-state index contributed by atoms with van der Waals surface area (Å²) < 4.78 is 0. The maximum absolute atomic E-state index is 11.5. The summed E-state index contributed by atoms with van der Waals surface area (Å²) in [4.78, 5) is 24.5. The SMILES string of the molecule is Cc1cccnc1Nc1ncnc(NCCc2cccs2)c1[N+](=O)[O-]. The molecule has 0 radical (unpaired) electrons. The molecule has 3 heterocycles. The molecule has 0 unspecified atom stereocenters. The van der Waals surface area contributed by atoms with Crippen LogP contribution in [0.25, 0.3) is 0 Å². The summed E-state index contributed by atoms with van der Waals surface area (Å²) in [6.07, 6.45) is 3.67. The molecule has 2 N–H and O–H groups in total. The lowest BCUT2D eigenvalue weighted by Crippen LogP contribution is -2.11. The highest BCUT2D eigenvalue weighted by Crippen LogP contribution is 2.31. The molecule has 3 aromatic rings. The summed E-state index contributed by atoms with van der Waals surface area (Å²) in [6, 6.07) is 7.66. The summed E-state index contributed by atoms with van der Waals surface area (Å²) in [5, 5.41) is 19.5. The minimum absolute atomic E-state index is 0.112. The number of hydrogen-bond acceptors (Lipinski definition) is 8. The summed E-state index contributed by atoms with van der Waals surface area (Å²) in [7, 11) is 0. The van der Waals surface area contributed by atoms with E-state index in [1.807, 2.05) is 30.5 Å². The Hall–Kier alpha value is -3.07. The highest BCUT2D eigenvalue weighted by atomic mass is 32.1. The summed E-state index contributed by atoms with van der Waals surface area (Å²) in [5.41, 5.74) is 0.668. The van der Waals surface area contributed by atoms with Gasteiger partial charge in [-0.2, -0.15) is 0 Å². The first-order valence-corrected chi connectivity index (χ1v) is 8.47. The van der Waals surface area contributed by atoms with E-state index in [1.165, 1.54) is 11.2 Å². The Balaban J connectivity index is 1.81. The zero-order valence-electron chi connectivity index (χ0n) is 13.5. The van der Waals surface area contributed by atoms with Crippen molar-refractivity contribution >= 4 is 34.5 Å². The Labute approximate surface area is 148 Å². The molecule has 0 aromatic carbocycles. The topological polar surface area (TPSA) is 106 Å². The summed E-state index contributed by atoms with van der Waals surface area (Å²) >= 11 is 1.65. The summed E-state index contributed by atoms with van der Waals surface area (Å²) in [6.45, 7) is 2.41. The fraction of sp³-hybridized carbons (Fsp3) is 0.188. The second-order valence-electron chi connectivity index (χ2n) is 5.23. The molecule has 3 aromatic heterocycles. The van der Waals surface area contributed by atoms with Gasteiger partial charge in [-0.25, -0.2) is 15.0 Å². The standard InChI is InChI=1S/C16H16N6O2S/c1-11-4-2-7-17-14(11)21-16-13(22(23)24)15(19-10-20-16)18-8-6-12-5-3-9-25-12/h2-5,7,9-10H,6,8H2,1H3,(H2,17,18,19,20,21). The van der Waals surface area contributed by atoms with Crippen molar-refractivity contribution in [1.29, 1.82) is 0 Å². The van der Waals surface area contributed by atoms with Gasteiger partial charge in [0.05, 0.1) is 4.92 Å². The van der Waals surface area contributed by atoms with Crippen molar-refractivity contribution in [3.05, 3.63) is 62.7 Å². The van der Waals surface area contributed by atoms with Gasteiger partial charge in [0, 0.05) is 17.6 Å². The van der Waals surface area contributed by atoms with E-state index in [4.69, 9.17) is 0 Å². The summed E-state index contributed by atoms with van der Waals surface area (Å²) in [5.74, 6) is 0.821. The molecule has 25 heavy (non-hydrogen) atoms. The van der Waals surface area contributed by atoms with Gasteiger partial charge in [-0.15, -0.1) is 11.3 Å². The fourth-order valence-electron chi connectivity index (χ4n) is 2.26. The molecule has 0 saturated carbocycles. The highest BCUT2D eigenvalue weighted by molar-refractivity contribution is 7.09. The van der Waals surface area contributed by atoms with Gasteiger partial charge in [-0.1, -0.05) is 12.1 Å². The van der Waals surface area contributed by atoms with E-state index in [9.17, 15) is 10.1 Å². The van der Waals surface area contributed by atoms with Crippen molar-refractivity contribution in [2.75, 3.05) is 17.2 Å².